The minimum absolute atomic E-state index is 0.269. The van der Waals surface area contributed by atoms with Gasteiger partial charge in [-0.1, -0.05) is 11.6 Å². The second-order valence-electron chi connectivity index (χ2n) is 6.09. The van der Waals surface area contributed by atoms with E-state index >= 15 is 0 Å². The average molecular weight is 453 g/mol. The second-order valence-corrected chi connectivity index (χ2v) is 6.90. The molecule has 9 nitrogen and oxygen atoms in total. The molecule has 2 aromatic rings. The summed E-state index contributed by atoms with van der Waals surface area (Å²) in [5.74, 6) is 1.77. The molecule has 0 saturated heterocycles. The lowest BCUT2D eigenvalue weighted by Gasteiger charge is -2.17. The van der Waals surface area contributed by atoms with E-state index in [9.17, 15) is 0 Å². The molecular weight excluding hydrogens is 428 g/mol. The fraction of sp³-hybridized carbons (Fsp3) is 0.368. The van der Waals surface area contributed by atoms with E-state index in [1.807, 2.05) is 19.9 Å². The van der Waals surface area contributed by atoms with E-state index in [0.717, 1.165) is 11.4 Å². The predicted molar refractivity (Wildman–Crippen MR) is 123 cm³/mol. The standard InChI is InChI=1S/C19H25ClN6O3S/c1-11-8-12(2)23-18(22-11)25-17(21-6-7-27-3)26-19(30)24-14-10-15(28-4)13(20)9-16(14)29-5/h8-10H,6-7H2,1-5H3,(H3,21,22,23,24,25,26,30). The molecule has 0 bridgehead atoms. The van der Waals surface area contributed by atoms with E-state index in [-0.39, 0.29) is 5.11 Å². The van der Waals surface area contributed by atoms with Crippen LogP contribution < -0.4 is 25.4 Å². The van der Waals surface area contributed by atoms with E-state index in [2.05, 4.69) is 30.9 Å². The molecule has 0 aliphatic heterocycles. The average Bonchev–Trinajstić information content (AvgIpc) is 2.68. The SMILES string of the molecule is COCCN=C(NC(=S)Nc1cc(OC)c(Cl)cc1OC)Nc1nc(C)cc(C)n1. The molecule has 30 heavy (non-hydrogen) atoms. The molecule has 0 aliphatic carbocycles. The van der Waals surface area contributed by atoms with Crippen LogP contribution in [0.2, 0.25) is 5.02 Å². The van der Waals surface area contributed by atoms with Gasteiger partial charge in [-0.3, -0.25) is 10.3 Å². The van der Waals surface area contributed by atoms with Crippen LogP contribution >= 0.6 is 23.8 Å². The number of methoxy groups -OCH3 is 3. The molecule has 0 atom stereocenters. The smallest absolute Gasteiger partial charge is 0.229 e. The van der Waals surface area contributed by atoms with Crippen molar-refractivity contribution in [2.45, 2.75) is 13.8 Å². The maximum absolute atomic E-state index is 6.15. The molecule has 1 aromatic heterocycles. The summed E-state index contributed by atoms with van der Waals surface area (Å²) in [5.41, 5.74) is 2.25. The first-order valence-corrected chi connectivity index (χ1v) is 9.77. The highest BCUT2D eigenvalue weighted by Crippen LogP contribution is 2.35. The van der Waals surface area contributed by atoms with Crippen molar-refractivity contribution in [3.63, 3.8) is 0 Å². The highest BCUT2D eigenvalue weighted by molar-refractivity contribution is 7.80. The van der Waals surface area contributed by atoms with E-state index in [0.29, 0.717) is 47.3 Å². The number of ether oxygens (including phenoxy) is 3. The Balaban J connectivity index is 2.19. The Labute approximate surface area is 186 Å². The van der Waals surface area contributed by atoms with Crippen LogP contribution in [0.1, 0.15) is 11.4 Å². The van der Waals surface area contributed by atoms with Gasteiger partial charge in [0.05, 0.1) is 38.1 Å². The van der Waals surface area contributed by atoms with Crippen molar-refractivity contribution < 1.29 is 14.2 Å². The maximum Gasteiger partial charge on any atom is 0.229 e. The van der Waals surface area contributed by atoms with Crippen LogP contribution in [0.25, 0.3) is 0 Å². The van der Waals surface area contributed by atoms with Gasteiger partial charge < -0.3 is 24.8 Å². The minimum atomic E-state index is 0.269. The number of aliphatic imine (C=N–C) groups is 1. The van der Waals surface area contributed by atoms with Gasteiger partial charge in [0.15, 0.2) is 5.11 Å². The molecule has 2 rings (SSSR count). The van der Waals surface area contributed by atoms with Crippen LogP contribution in [0.15, 0.2) is 23.2 Å². The number of nitrogens with one attached hydrogen (secondary N) is 3. The quantitative estimate of drug-likeness (QED) is 0.253. The van der Waals surface area contributed by atoms with Crippen LogP contribution in [-0.4, -0.2) is 55.5 Å². The molecule has 0 unspecified atom stereocenters. The number of aryl methyl sites for hydroxylation is 2. The summed E-state index contributed by atoms with van der Waals surface area (Å²) in [6.07, 6.45) is 0. The number of nitrogens with zero attached hydrogens (tertiary/aromatic N) is 3. The van der Waals surface area contributed by atoms with Gasteiger partial charge in [0.2, 0.25) is 11.9 Å². The van der Waals surface area contributed by atoms with Crippen LogP contribution in [-0.2, 0) is 4.74 Å². The van der Waals surface area contributed by atoms with Gasteiger partial charge in [-0.05, 0) is 32.1 Å². The van der Waals surface area contributed by atoms with Crippen molar-refractivity contribution in [1.82, 2.24) is 15.3 Å². The summed E-state index contributed by atoms with van der Waals surface area (Å²) >= 11 is 11.6. The van der Waals surface area contributed by atoms with Crippen molar-refractivity contribution in [1.29, 1.82) is 0 Å². The van der Waals surface area contributed by atoms with E-state index < -0.39 is 0 Å². The normalized spacial score (nSPS) is 11.1. The van der Waals surface area contributed by atoms with Crippen LogP contribution in [0.5, 0.6) is 11.5 Å². The number of rotatable bonds is 7. The van der Waals surface area contributed by atoms with Crippen molar-refractivity contribution >= 4 is 46.5 Å². The Bertz CT molecular complexity index is 905. The van der Waals surface area contributed by atoms with Crippen LogP contribution in [0.4, 0.5) is 11.6 Å². The monoisotopic (exact) mass is 452 g/mol. The number of hydrogen-bond acceptors (Lipinski definition) is 7. The van der Waals surface area contributed by atoms with Crippen molar-refractivity contribution in [3.8, 4) is 11.5 Å². The topological polar surface area (TPSA) is 102 Å². The van der Waals surface area contributed by atoms with Crippen LogP contribution in [0, 0.1) is 13.8 Å². The highest BCUT2D eigenvalue weighted by Gasteiger charge is 2.13. The van der Waals surface area contributed by atoms with E-state index in [1.54, 1.807) is 19.2 Å². The maximum atomic E-state index is 6.15. The lowest BCUT2D eigenvalue weighted by atomic mass is 10.2. The lowest BCUT2D eigenvalue weighted by molar-refractivity contribution is 0.208. The molecule has 1 heterocycles. The van der Waals surface area contributed by atoms with E-state index in [1.165, 1.54) is 14.2 Å². The second kappa shape index (κ2) is 11.5. The third-order valence-electron chi connectivity index (χ3n) is 3.73. The predicted octanol–water partition coefficient (Wildman–Crippen LogP) is 3.16. The summed E-state index contributed by atoms with van der Waals surface area (Å²) < 4.78 is 15.7. The Morgan fingerprint density at radius 2 is 1.70 bits per heavy atom. The zero-order valence-electron chi connectivity index (χ0n) is 17.5. The molecule has 11 heteroatoms. The van der Waals surface area contributed by atoms with Gasteiger partial charge in [-0.2, -0.15) is 0 Å². The van der Waals surface area contributed by atoms with Gasteiger partial charge >= 0.3 is 0 Å². The number of benzene rings is 1. The molecule has 162 valence electrons. The Morgan fingerprint density at radius 1 is 1.03 bits per heavy atom. The highest BCUT2D eigenvalue weighted by atomic mass is 35.5. The molecule has 3 N–H and O–H groups in total. The summed E-state index contributed by atoms with van der Waals surface area (Å²) in [4.78, 5) is 13.2. The zero-order valence-corrected chi connectivity index (χ0v) is 19.1. The van der Waals surface area contributed by atoms with Gasteiger partial charge in [-0.25, -0.2) is 9.97 Å². The molecular formula is C19H25ClN6O3S. The van der Waals surface area contributed by atoms with Crippen molar-refractivity contribution in [2.75, 3.05) is 45.1 Å². The molecule has 1 aromatic carbocycles. The molecule has 0 aliphatic rings. The summed E-state index contributed by atoms with van der Waals surface area (Å²) in [6, 6.07) is 5.21. The zero-order chi connectivity index (χ0) is 22.1. The van der Waals surface area contributed by atoms with Crippen LogP contribution in [0.3, 0.4) is 0 Å². The minimum Gasteiger partial charge on any atom is -0.495 e. The Kier molecular flexibility index (Phi) is 9.03. The summed E-state index contributed by atoms with van der Waals surface area (Å²) in [7, 11) is 4.67. The van der Waals surface area contributed by atoms with Gasteiger partial charge in [0.25, 0.3) is 0 Å². The number of guanidine groups is 1. The largest absolute Gasteiger partial charge is 0.495 e. The van der Waals surface area contributed by atoms with E-state index in [4.69, 9.17) is 38.0 Å². The molecule has 0 spiro atoms. The molecule has 0 saturated carbocycles. The summed E-state index contributed by atoms with van der Waals surface area (Å²) in [6.45, 7) is 4.64. The number of anilines is 2. The first-order chi connectivity index (χ1) is 14.4. The lowest BCUT2D eigenvalue weighted by Crippen LogP contribution is -2.39. The van der Waals surface area contributed by atoms with Gasteiger partial charge in [0, 0.05) is 30.6 Å². The first-order valence-electron chi connectivity index (χ1n) is 8.98. The third kappa shape index (κ3) is 6.97. The van der Waals surface area contributed by atoms with Gasteiger partial charge in [0.1, 0.15) is 11.5 Å². The Morgan fingerprint density at radius 3 is 2.30 bits per heavy atom. The fourth-order valence-corrected chi connectivity index (χ4v) is 2.90. The van der Waals surface area contributed by atoms with Gasteiger partial charge in [-0.15, -0.1) is 0 Å². The Hall–Kier alpha value is -2.69. The number of thiocarbonyl (C=S) groups is 1. The number of halogens is 1. The molecule has 0 fully saturated rings. The number of aromatic nitrogens is 2. The number of hydrogen-bond donors (Lipinski definition) is 3. The molecule has 0 amide bonds. The summed E-state index contributed by atoms with van der Waals surface area (Å²) in [5, 5.41) is 9.81. The van der Waals surface area contributed by atoms with Crippen molar-refractivity contribution in [2.24, 2.45) is 4.99 Å². The van der Waals surface area contributed by atoms with Crippen molar-refractivity contribution in [3.05, 3.63) is 34.6 Å². The molecule has 0 radical (unpaired) electrons. The fourth-order valence-electron chi connectivity index (χ4n) is 2.47. The first kappa shape index (κ1) is 23.6. The third-order valence-corrected chi connectivity index (χ3v) is 4.23.